The van der Waals surface area contributed by atoms with Crippen molar-refractivity contribution in [1.82, 2.24) is 0 Å². The normalized spacial score (nSPS) is 16.1. The number of anilines is 1. The SMILES string of the molecule is CSC1(CNc2ccc(C(N)=S)c3ccccc23)CC1. The van der Waals surface area contributed by atoms with Gasteiger partial charge in [-0.25, -0.2) is 0 Å². The summed E-state index contributed by atoms with van der Waals surface area (Å²) in [5.74, 6) is 0. The Bertz CT molecular complexity index is 663. The van der Waals surface area contributed by atoms with Gasteiger partial charge in [0.05, 0.1) is 0 Å². The minimum Gasteiger partial charge on any atom is -0.389 e. The summed E-state index contributed by atoms with van der Waals surface area (Å²) in [7, 11) is 0. The van der Waals surface area contributed by atoms with Crippen LogP contribution < -0.4 is 11.1 Å². The lowest BCUT2D eigenvalue weighted by Gasteiger charge is -2.17. The molecule has 2 aromatic rings. The molecule has 0 aromatic heterocycles. The van der Waals surface area contributed by atoms with Crippen molar-refractivity contribution in [2.75, 3.05) is 18.1 Å². The third-order valence-electron chi connectivity index (χ3n) is 4.03. The second kappa shape index (κ2) is 5.26. The molecule has 0 radical (unpaired) electrons. The number of thioether (sulfide) groups is 1. The topological polar surface area (TPSA) is 38.0 Å². The summed E-state index contributed by atoms with van der Waals surface area (Å²) in [5.41, 5.74) is 7.93. The number of nitrogens with one attached hydrogen (secondary N) is 1. The lowest BCUT2D eigenvalue weighted by Crippen LogP contribution is -2.18. The van der Waals surface area contributed by atoms with Gasteiger partial charge < -0.3 is 11.1 Å². The van der Waals surface area contributed by atoms with Crippen LogP contribution in [0.15, 0.2) is 36.4 Å². The van der Waals surface area contributed by atoms with E-state index in [1.54, 1.807) is 0 Å². The van der Waals surface area contributed by atoms with Crippen LogP contribution in [0.25, 0.3) is 10.8 Å². The molecule has 104 valence electrons. The zero-order chi connectivity index (χ0) is 14.2. The molecule has 1 aliphatic rings. The van der Waals surface area contributed by atoms with E-state index in [2.05, 4.69) is 35.8 Å². The smallest absolute Gasteiger partial charge is 0.104 e. The Kier molecular flexibility index (Phi) is 3.61. The fourth-order valence-electron chi connectivity index (χ4n) is 2.52. The summed E-state index contributed by atoms with van der Waals surface area (Å²) in [5, 5.41) is 5.92. The van der Waals surface area contributed by atoms with Crippen LogP contribution in [-0.2, 0) is 0 Å². The quantitative estimate of drug-likeness (QED) is 0.824. The molecule has 0 spiro atoms. The molecule has 1 saturated carbocycles. The van der Waals surface area contributed by atoms with Gasteiger partial charge in [0.1, 0.15) is 4.99 Å². The Morgan fingerprint density at radius 1 is 1.25 bits per heavy atom. The average Bonchev–Trinajstić information content (AvgIpc) is 3.25. The standard InChI is InChI=1S/C16H18N2S2/c1-20-16(8-9-16)10-18-14-7-6-13(15(17)19)11-4-2-3-5-12(11)14/h2-7,18H,8-10H2,1H3,(H2,17,19). The number of fused-ring (bicyclic) bond motifs is 1. The Morgan fingerprint density at radius 3 is 2.55 bits per heavy atom. The van der Waals surface area contributed by atoms with E-state index < -0.39 is 0 Å². The molecular weight excluding hydrogens is 284 g/mol. The molecule has 2 nitrogen and oxygen atoms in total. The molecule has 0 unspecified atom stereocenters. The van der Waals surface area contributed by atoms with Crippen LogP contribution in [0, 0.1) is 0 Å². The number of rotatable bonds is 5. The van der Waals surface area contributed by atoms with E-state index in [1.165, 1.54) is 23.9 Å². The van der Waals surface area contributed by atoms with Gasteiger partial charge in [0.25, 0.3) is 0 Å². The molecule has 3 rings (SSSR count). The van der Waals surface area contributed by atoms with Crippen LogP contribution in [0.5, 0.6) is 0 Å². The molecule has 0 bridgehead atoms. The Labute approximate surface area is 129 Å². The predicted octanol–water partition coefficient (Wildman–Crippen LogP) is 3.78. The second-order valence-corrected chi connectivity index (χ2v) is 7.03. The molecular formula is C16H18N2S2. The Morgan fingerprint density at radius 2 is 1.95 bits per heavy atom. The summed E-state index contributed by atoms with van der Waals surface area (Å²) in [6.45, 7) is 1.02. The Balaban J connectivity index is 1.96. The lowest BCUT2D eigenvalue weighted by molar-refractivity contribution is 0.951. The van der Waals surface area contributed by atoms with E-state index in [1.807, 2.05) is 23.9 Å². The number of benzene rings is 2. The first-order valence-corrected chi connectivity index (χ1v) is 8.39. The Hall–Kier alpha value is -1.26. The number of nitrogens with two attached hydrogens (primary N) is 1. The van der Waals surface area contributed by atoms with Crippen molar-refractivity contribution in [3.05, 3.63) is 42.0 Å². The molecule has 0 heterocycles. The van der Waals surface area contributed by atoms with Gasteiger partial charge in [-0.2, -0.15) is 11.8 Å². The van der Waals surface area contributed by atoms with Gasteiger partial charge in [0, 0.05) is 27.9 Å². The highest BCUT2D eigenvalue weighted by Gasteiger charge is 2.41. The van der Waals surface area contributed by atoms with Crippen LogP contribution in [-0.4, -0.2) is 22.5 Å². The van der Waals surface area contributed by atoms with Gasteiger partial charge >= 0.3 is 0 Å². The minimum atomic E-state index is 0.447. The molecule has 1 fully saturated rings. The highest BCUT2D eigenvalue weighted by atomic mass is 32.2. The maximum Gasteiger partial charge on any atom is 0.104 e. The summed E-state index contributed by atoms with van der Waals surface area (Å²) in [4.78, 5) is 0.454. The summed E-state index contributed by atoms with van der Waals surface area (Å²) >= 11 is 7.11. The first kappa shape index (κ1) is 13.7. The highest BCUT2D eigenvalue weighted by Crippen LogP contribution is 2.47. The monoisotopic (exact) mass is 302 g/mol. The second-order valence-electron chi connectivity index (χ2n) is 5.31. The zero-order valence-electron chi connectivity index (χ0n) is 11.5. The van der Waals surface area contributed by atoms with Crippen molar-refractivity contribution < 1.29 is 0 Å². The summed E-state index contributed by atoms with van der Waals surface area (Å²) < 4.78 is 0.447. The first-order valence-electron chi connectivity index (χ1n) is 6.76. The molecule has 0 amide bonds. The van der Waals surface area contributed by atoms with Gasteiger partial charge in [0.2, 0.25) is 0 Å². The van der Waals surface area contributed by atoms with Gasteiger partial charge in [0.15, 0.2) is 0 Å². The fraction of sp³-hybridized carbons (Fsp3) is 0.312. The van der Waals surface area contributed by atoms with E-state index in [0.29, 0.717) is 9.74 Å². The number of hydrogen-bond acceptors (Lipinski definition) is 3. The predicted molar refractivity (Wildman–Crippen MR) is 93.8 cm³/mol. The minimum absolute atomic E-state index is 0.447. The van der Waals surface area contributed by atoms with Crippen molar-refractivity contribution in [2.45, 2.75) is 17.6 Å². The fourth-order valence-corrected chi connectivity index (χ4v) is 3.42. The van der Waals surface area contributed by atoms with Crippen molar-refractivity contribution in [2.24, 2.45) is 5.73 Å². The molecule has 0 aliphatic heterocycles. The maximum absolute atomic E-state index is 5.81. The van der Waals surface area contributed by atoms with E-state index >= 15 is 0 Å². The van der Waals surface area contributed by atoms with Crippen molar-refractivity contribution in [1.29, 1.82) is 0 Å². The molecule has 4 heteroatoms. The van der Waals surface area contributed by atoms with Gasteiger partial charge in [-0.3, -0.25) is 0 Å². The van der Waals surface area contributed by atoms with Crippen molar-refractivity contribution >= 4 is 45.4 Å². The summed E-state index contributed by atoms with van der Waals surface area (Å²) in [6.07, 6.45) is 4.82. The van der Waals surface area contributed by atoms with E-state index in [0.717, 1.165) is 17.5 Å². The summed E-state index contributed by atoms with van der Waals surface area (Å²) in [6, 6.07) is 12.4. The van der Waals surface area contributed by atoms with Crippen LogP contribution in [0.3, 0.4) is 0 Å². The average molecular weight is 302 g/mol. The van der Waals surface area contributed by atoms with Crippen LogP contribution >= 0.6 is 24.0 Å². The number of hydrogen-bond donors (Lipinski definition) is 2. The van der Waals surface area contributed by atoms with Crippen LogP contribution in [0.2, 0.25) is 0 Å². The molecule has 0 saturated heterocycles. The van der Waals surface area contributed by atoms with E-state index in [9.17, 15) is 0 Å². The van der Waals surface area contributed by atoms with E-state index in [-0.39, 0.29) is 0 Å². The molecule has 3 N–H and O–H groups in total. The third-order valence-corrected chi connectivity index (χ3v) is 5.67. The van der Waals surface area contributed by atoms with Gasteiger partial charge in [-0.1, -0.05) is 36.5 Å². The lowest BCUT2D eigenvalue weighted by atomic mass is 10.0. The first-order chi connectivity index (χ1) is 9.65. The van der Waals surface area contributed by atoms with Gasteiger partial charge in [-0.05, 0) is 36.6 Å². The van der Waals surface area contributed by atoms with Crippen LogP contribution in [0.1, 0.15) is 18.4 Å². The zero-order valence-corrected chi connectivity index (χ0v) is 13.1. The maximum atomic E-state index is 5.81. The molecule has 1 aliphatic carbocycles. The van der Waals surface area contributed by atoms with Crippen molar-refractivity contribution in [3.8, 4) is 0 Å². The molecule has 20 heavy (non-hydrogen) atoms. The molecule has 2 aromatic carbocycles. The highest BCUT2D eigenvalue weighted by molar-refractivity contribution is 8.00. The molecule has 0 atom stereocenters. The third kappa shape index (κ3) is 2.50. The van der Waals surface area contributed by atoms with Crippen molar-refractivity contribution in [3.63, 3.8) is 0 Å². The number of thiocarbonyl (C=S) groups is 1. The van der Waals surface area contributed by atoms with E-state index in [4.69, 9.17) is 18.0 Å². The largest absolute Gasteiger partial charge is 0.389 e. The van der Waals surface area contributed by atoms with Gasteiger partial charge in [-0.15, -0.1) is 0 Å². The van der Waals surface area contributed by atoms with Crippen LogP contribution in [0.4, 0.5) is 5.69 Å².